The number of amides is 4. The molecular formula is C28H32N4O7. The zero-order valence-electron chi connectivity index (χ0n) is 21.6. The van der Waals surface area contributed by atoms with Crippen molar-refractivity contribution in [1.82, 2.24) is 15.1 Å². The summed E-state index contributed by atoms with van der Waals surface area (Å²) in [5, 5.41) is 2.37. The highest BCUT2D eigenvalue weighted by atomic mass is 16.5. The molecule has 2 fully saturated rings. The smallest absolute Gasteiger partial charge is 0.404 e. The maximum Gasteiger partial charge on any atom is 0.404 e. The van der Waals surface area contributed by atoms with Gasteiger partial charge in [-0.15, -0.1) is 0 Å². The molecule has 0 aliphatic carbocycles. The second kappa shape index (κ2) is 11.8. The van der Waals surface area contributed by atoms with E-state index in [-0.39, 0.29) is 38.0 Å². The second-order valence-corrected chi connectivity index (χ2v) is 9.93. The molecule has 0 aromatic heterocycles. The Morgan fingerprint density at radius 1 is 1.03 bits per heavy atom. The van der Waals surface area contributed by atoms with E-state index in [0.29, 0.717) is 35.3 Å². The number of carbonyl (C=O) groups is 4. The maximum absolute atomic E-state index is 13.3. The van der Waals surface area contributed by atoms with Crippen molar-refractivity contribution in [1.29, 1.82) is 0 Å². The molecule has 11 nitrogen and oxygen atoms in total. The van der Waals surface area contributed by atoms with Crippen molar-refractivity contribution in [2.24, 2.45) is 5.73 Å². The number of primary amides is 1. The van der Waals surface area contributed by atoms with Gasteiger partial charge in [-0.3, -0.25) is 24.6 Å². The van der Waals surface area contributed by atoms with Crippen molar-refractivity contribution in [2.45, 2.75) is 51.6 Å². The van der Waals surface area contributed by atoms with Gasteiger partial charge in [-0.2, -0.15) is 0 Å². The molecule has 1 atom stereocenters. The molecule has 3 heterocycles. The third-order valence-electron chi connectivity index (χ3n) is 7.27. The number of carbonyl (C=O) groups excluding carboxylic acids is 4. The Labute approximate surface area is 226 Å². The van der Waals surface area contributed by atoms with Crippen LogP contribution in [0.1, 0.15) is 51.9 Å². The fraction of sp³-hybridized carbons (Fsp3) is 0.429. The summed E-state index contributed by atoms with van der Waals surface area (Å²) in [7, 11) is 0. The Kier molecular flexibility index (Phi) is 8.08. The maximum atomic E-state index is 13.3. The van der Waals surface area contributed by atoms with Gasteiger partial charge in [0.15, 0.2) is 0 Å². The van der Waals surface area contributed by atoms with Crippen LogP contribution < -0.4 is 15.8 Å². The summed E-state index contributed by atoms with van der Waals surface area (Å²) < 4.78 is 16.7. The van der Waals surface area contributed by atoms with E-state index in [4.69, 9.17) is 19.9 Å². The zero-order chi connectivity index (χ0) is 27.4. The highest BCUT2D eigenvalue weighted by Gasteiger charge is 2.39. The molecule has 3 aliphatic rings. The van der Waals surface area contributed by atoms with Crippen LogP contribution in [0.25, 0.3) is 0 Å². The van der Waals surface area contributed by atoms with Crippen molar-refractivity contribution >= 4 is 23.8 Å². The number of rotatable bonds is 8. The molecule has 3 aliphatic heterocycles. The van der Waals surface area contributed by atoms with Crippen LogP contribution in [-0.4, -0.2) is 66.0 Å². The first-order valence-electron chi connectivity index (χ1n) is 13.1. The molecule has 2 aromatic carbocycles. The Balaban J connectivity index is 1.34. The molecule has 39 heavy (non-hydrogen) atoms. The summed E-state index contributed by atoms with van der Waals surface area (Å²) in [6, 6.07) is 10.7. The molecule has 0 radical (unpaired) electrons. The van der Waals surface area contributed by atoms with Crippen LogP contribution in [0.4, 0.5) is 4.79 Å². The second-order valence-electron chi connectivity index (χ2n) is 9.93. The van der Waals surface area contributed by atoms with Crippen LogP contribution in [0.5, 0.6) is 5.75 Å². The molecular weight excluding hydrogens is 504 g/mol. The molecule has 2 aromatic rings. The van der Waals surface area contributed by atoms with E-state index in [1.54, 1.807) is 12.1 Å². The third kappa shape index (κ3) is 6.21. The van der Waals surface area contributed by atoms with Crippen LogP contribution in [-0.2, 0) is 45.4 Å². The number of nitrogens with one attached hydrogen (secondary N) is 1. The number of imide groups is 1. The summed E-state index contributed by atoms with van der Waals surface area (Å²) in [6.45, 7) is 4.41. The molecule has 2 saturated heterocycles. The van der Waals surface area contributed by atoms with Gasteiger partial charge >= 0.3 is 6.09 Å². The van der Waals surface area contributed by atoms with Gasteiger partial charge in [0.2, 0.25) is 11.8 Å². The number of ether oxygens (including phenoxy) is 3. The van der Waals surface area contributed by atoms with E-state index in [0.717, 1.165) is 38.4 Å². The Bertz CT molecular complexity index is 1260. The van der Waals surface area contributed by atoms with E-state index in [1.165, 1.54) is 10.5 Å². The number of hydrogen-bond acceptors (Lipinski definition) is 8. The Hall–Kier alpha value is -3.96. The van der Waals surface area contributed by atoms with Crippen molar-refractivity contribution in [2.75, 3.05) is 26.3 Å². The highest BCUT2D eigenvalue weighted by molar-refractivity contribution is 6.04. The Morgan fingerprint density at radius 3 is 2.51 bits per heavy atom. The predicted octanol–water partition coefficient (Wildman–Crippen LogP) is 1.84. The van der Waals surface area contributed by atoms with Gasteiger partial charge in [0.05, 0.1) is 19.8 Å². The lowest BCUT2D eigenvalue weighted by atomic mass is 10.0. The van der Waals surface area contributed by atoms with Gasteiger partial charge in [0.1, 0.15) is 25.0 Å². The van der Waals surface area contributed by atoms with Crippen molar-refractivity contribution < 1.29 is 33.4 Å². The normalized spacial score (nSPS) is 19.8. The van der Waals surface area contributed by atoms with Crippen LogP contribution in [0.2, 0.25) is 0 Å². The van der Waals surface area contributed by atoms with E-state index in [9.17, 15) is 19.2 Å². The fourth-order valence-electron chi connectivity index (χ4n) is 5.21. The lowest BCUT2D eigenvalue weighted by Gasteiger charge is -2.26. The van der Waals surface area contributed by atoms with Gasteiger partial charge in [0, 0.05) is 42.7 Å². The molecule has 4 amide bonds. The van der Waals surface area contributed by atoms with Crippen LogP contribution >= 0.6 is 0 Å². The van der Waals surface area contributed by atoms with Gasteiger partial charge in [0.25, 0.3) is 5.91 Å². The fourth-order valence-corrected chi connectivity index (χ4v) is 5.21. The van der Waals surface area contributed by atoms with E-state index < -0.39 is 18.0 Å². The molecule has 0 unspecified atom stereocenters. The summed E-state index contributed by atoms with van der Waals surface area (Å²) >= 11 is 0. The van der Waals surface area contributed by atoms with Crippen LogP contribution in [0, 0.1) is 0 Å². The molecule has 0 saturated carbocycles. The topological polar surface area (TPSA) is 140 Å². The van der Waals surface area contributed by atoms with E-state index in [2.05, 4.69) is 22.3 Å². The van der Waals surface area contributed by atoms with E-state index >= 15 is 0 Å². The SMILES string of the molecule is NC(=O)OCc1ccc2c(c1OCc1ccc(CN3CCOCC3)cc1)CN([C@H]1CCCC(=O)NC1=O)C2=O. The van der Waals surface area contributed by atoms with Crippen molar-refractivity contribution in [3.8, 4) is 5.75 Å². The summed E-state index contributed by atoms with van der Waals surface area (Å²) in [5.74, 6) is -0.695. The molecule has 0 spiro atoms. The summed E-state index contributed by atoms with van der Waals surface area (Å²) in [5.41, 5.74) is 8.90. The highest BCUT2D eigenvalue weighted by Crippen LogP contribution is 2.37. The first-order chi connectivity index (χ1) is 18.9. The van der Waals surface area contributed by atoms with Gasteiger partial charge in [-0.05, 0) is 30.0 Å². The number of benzene rings is 2. The molecule has 206 valence electrons. The van der Waals surface area contributed by atoms with Crippen LogP contribution in [0.3, 0.4) is 0 Å². The molecule has 0 bridgehead atoms. The molecule has 5 rings (SSSR count). The van der Waals surface area contributed by atoms with E-state index in [1.807, 2.05) is 12.1 Å². The average molecular weight is 537 g/mol. The molecule has 11 heteroatoms. The lowest BCUT2D eigenvalue weighted by Crippen LogP contribution is -2.46. The number of fused-ring (bicyclic) bond motifs is 1. The number of nitrogens with two attached hydrogens (primary N) is 1. The zero-order valence-corrected chi connectivity index (χ0v) is 21.6. The molecule has 3 N–H and O–H groups in total. The van der Waals surface area contributed by atoms with Gasteiger partial charge in [-0.1, -0.05) is 30.3 Å². The first-order valence-corrected chi connectivity index (χ1v) is 13.1. The lowest BCUT2D eigenvalue weighted by molar-refractivity contribution is -0.132. The minimum absolute atomic E-state index is 0.122. The van der Waals surface area contributed by atoms with Gasteiger partial charge < -0.3 is 24.8 Å². The third-order valence-corrected chi connectivity index (χ3v) is 7.27. The number of hydrogen-bond donors (Lipinski definition) is 2. The average Bonchev–Trinajstić information content (AvgIpc) is 3.15. The summed E-state index contributed by atoms with van der Waals surface area (Å²) in [4.78, 5) is 52.9. The largest absolute Gasteiger partial charge is 0.488 e. The number of morpholine rings is 1. The quantitative estimate of drug-likeness (QED) is 0.487. The minimum atomic E-state index is -0.921. The minimum Gasteiger partial charge on any atom is -0.488 e. The Morgan fingerprint density at radius 2 is 1.77 bits per heavy atom. The number of nitrogens with zero attached hydrogens (tertiary/aromatic N) is 2. The van der Waals surface area contributed by atoms with Crippen LogP contribution in [0.15, 0.2) is 36.4 Å². The van der Waals surface area contributed by atoms with Crippen molar-refractivity contribution in [3.05, 3.63) is 64.2 Å². The standard InChI is InChI=1S/C28H32N4O7/c29-28(36)39-17-20-8-9-21-22(15-32(27(21)35)23-2-1-3-24(33)30-26(23)34)25(20)38-16-19-6-4-18(5-7-19)14-31-10-12-37-13-11-31/h4-9,23H,1-3,10-17H2,(H2,29,36)(H,30,33,34)/t23-/m0/s1. The van der Waals surface area contributed by atoms with Crippen molar-refractivity contribution in [3.63, 3.8) is 0 Å². The first kappa shape index (κ1) is 26.6. The monoisotopic (exact) mass is 536 g/mol. The predicted molar refractivity (Wildman–Crippen MR) is 138 cm³/mol. The summed E-state index contributed by atoms with van der Waals surface area (Å²) in [6.07, 6.45) is 0.216. The van der Waals surface area contributed by atoms with Gasteiger partial charge in [-0.25, -0.2) is 4.79 Å².